The van der Waals surface area contributed by atoms with Gasteiger partial charge in [0, 0.05) is 19.4 Å². The maximum Gasteiger partial charge on any atom is 2.00 e. The Morgan fingerprint density at radius 1 is 1.10 bits per heavy atom. The molecule has 1 unspecified atom stereocenters. The van der Waals surface area contributed by atoms with Crippen molar-refractivity contribution in [1.29, 1.82) is 5.41 Å². The maximum absolute atomic E-state index is 10.4. The predicted octanol–water partition coefficient (Wildman–Crippen LogP) is -5.69. The van der Waals surface area contributed by atoms with Crippen molar-refractivity contribution < 1.29 is 39.3 Å². The molecule has 2 amide bonds. The van der Waals surface area contributed by atoms with Gasteiger partial charge in [0.15, 0.2) is 5.96 Å². The summed E-state index contributed by atoms with van der Waals surface area (Å²) in [5.41, 5.74) is 10.2. The third-order valence-electron chi connectivity index (χ3n) is 3.88. The standard InChI is InChI=1S/C6H14N4O2.2C5H7NO3.Mg/c7-4(5(11)12)2-1-3-10-6(8)9;2*7-4-2-1-3(6-4)5(8)9;/h4H,1-3,7H2,(H,11,12)(H4,8,9,10);2*3H,1-2H2,(H,6,7)(H,8,9);/q;;;+2/p-2/t;2*3-;/m.00./s1. The average Bonchev–Trinajstić information content (AvgIpc) is 3.28. The molecule has 9 N–H and O–H groups in total. The largest absolute Gasteiger partial charge is 2.00 e. The van der Waals surface area contributed by atoms with Crippen LogP contribution in [0.4, 0.5) is 0 Å². The van der Waals surface area contributed by atoms with Crippen LogP contribution >= 0.6 is 0 Å². The fourth-order valence-electron chi connectivity index (χ4n) is 2.25. The first-order chi connectivity index (χ1) is 13.9. The van der Waals surface area contributed by atoms with Gasteiger partial charge in [0.1, 0.15) is 6.04 Å². The maximum atomic E-state index is 10.4. The fourth-order valence-corrected chi connectivity index (χ4v) is 2.25. The molecule has 2 fully saturated rings. The second-order valence-electron chi connectivity index (χ2n) is 6.38. The predicted molar refractivity (Wildman–Crippen MR) is 103 cm³/mol. The van der Waals surface area contributed by atoms with Gasteiger partial charge in [0.25, 0.3) is 0 Å². The Morgan fingerprint density at radius 2 is 1.52 bits per heavy atom. The zero-order valence-corrected chi connectivity index (χ0v) is 18.3. The number of hydrogen-bond donors (Lipinski definition) is 7. The minimum atomic E-state index is -1.19. The molecule has 0 bridgehead atoms. The Balaban J connectivity index is 0. The minimum absolute atomic E-state index is 0. The second-order valence-corrected chi connectivity index (χ2v) is 6.38. The molecular formula is C16H26MgN6O8. The summed E-state index contributed by atoms with van der Waals surface area (Å²) in [4.78, 5) is 51.0. The van der Waals surface area contributed by atoms with Crippen molar-refractivity contribution in [3.63, 3.8) is 0 Å². The first-order valence-electron chi connectivity index (χ1n) is 9.00. The Morgan fingerprint density at radius 3 is 1.74 bits per heavy atom. The molecule has 170 valence electrons. The van der Waals surface area contributed by atoms with Gasteiger partial charge in [-0.25, -0.2) is 0 Å². The molecule has 0 aliphatic carbocycles. The molecule has 0 spiro atoms. The Kier molecular flexibility index (Phi) is 15.9. The van der Waals surface area contributed by atoms with Crippen molar-refractivity contribution in [1.82, 2.24) is 16.0 Å². The SMILES string of the molecule is N=C(N)NCCCC(N)C(=O)O.O=C1CC[C@@H](C(=O)[O-])N1.O=C1CC[C@@H](C(=O)[O-])N1.[Mg+2]. The first-order valence-corrected chi connectivity index (χ1v) is 9.00. The molecule has 2 saturated heterocycles. The molecule has 15 heteroatoms. The van der Waals surface area contributed by atoms with E-state index in [0.717, 1.165) is 0 Å². The molecule has 2 rings (SSSR count). The summed E-state index contributed by atoms with van der Waals surface area (Å²) in [6, 6.07) is -2.33. The van der Waals surface area contributed by atoms with E-state index in [4.69, 9.17) is 22.0 Å². The summed E-state index contributed by atoms with van der Waals surface area (Å²) >= 11 is 0. The molecule has 0 aromatic rings. The van der Waals surface area contributed by atoms with E-state index in [9.17, 15) is 34.2 Å². The monoisotopic (exact) mass is 454 g/mol. The van der Waals surface area contributed by atoms with Crippen molar-refractivity contribution in [2.45, 2.75) is 56.7 Å². The topological polar surface area (TPSA) is 264 Å². The number of nitrogens with two attached hydrogens (primary N) is 2. The first kappa shape index (κ1) is 30.5. The van der Waals surface area contributed by atoms with E-state index in [1.54, 1.807) is 0 Å². The fraction of sp³-hybridized carbons (Fsp3) is 0.625. The van der Waals surface area contributed by atoms with Crippen LogP contribution in [0.5, 0.6) is 0 Å². The van der Waals surface area contributed by atoms with E-state index in [1.165, 1.54) is 0 Å². The average molecular weight is 455 g/mol. The van der Waals surface area contributed by atoms with Gasteiger partial charge in [-0.05, 0) is 25.7 Å². The van der Waals surface area contributed by atoms with Crippen molar-refractivity contribution >= 4 is 58.7 Å². The number of hydrogen-bond acceptors (Lipinski definition) is 9. The van der Waals surface area contributed by atoms with Gasteiger partial charge in [-0.15, -0.1) is 0 Å². The van der Waals surface area contributed by atoms with Crippen molar-refractivity contribution in [3.8, 4) is 0 Å². The molecule has 2 aliphatic heterocycles. The van der Waals surface area contributed by atoms with Crippen LogP contribution in [0.25, 0.3) is 0 Å². The van der Waals surface area contributed by atoms with E-state index in [-0.39, 0.29) is 40.8 Å². The number of guanidine groups is 1. The van der Waals surface area contributed by atoms with Gasteiger partial charge in [-0.3, -0.25) is 19.8 Å². The molecule has 0 aromatic carbocycles. The third kappa shape index (κ3) is 14.9. The number of carbonyl (C=O) groups is 5. The summed E-state index contributed by atoms with van der Waals surface area (Å²) < 4.78 is 0. The molecule has 3 atom stereocenters. The molecule has 2 aliphatic rings. The van der Waals surface area contributed by atoms with Crippen molar-refractivity contribution in [3.05, 3.63) is 0 Å². The van der Waals surface area contributed by atoms with Crippen LogP contribution < -0.4 is 37.6 Å². The number of rotatable bonds is 7. The van der Waals surface area contributed by atoms with Gasteiger partial charge < -0.3 is 52.3 Å². The van der Waals surface area contributed by atoms with Crippen molar-refractivity contribution in [2.24, 2.45) is 11.5 Å². The van der Waals surface area contributed by atoms with Crippen LogP contribution in [0.3, 0.4) is 0 Å². The Hall–Kier alpha value is -2.65. The van der Waals surface area contributed by atoms with Crippen LogP contribution in [0.2, 0.25) is 0 Å². The van der Waals surface area contributed by atoms with Gasteiger partial charge in [-0.1, -0.05) is 0 Å². The van der Waals surface area contributed by atoms with E-state index < -0.39 is 36.0 Å². The van der Waals surface area contributed by atoms with Crippen LogP contribution in [0.1, 0.15) is 38.5 Å². The third-order valence-corrected chi connectivity index (χ3v) is 3.88. The van der Waals surface area contributed by atoms with Crippen LogP contribution in [0, 0.1) is 5.41 Å². The molecule has 0 aromatic heterocycles. The van der Waals surface area contributed by atoms with Crippen molar-refractivity contribution in [2.75, 3.05) is 6.54 Å². The summed E-state index contributed by atoms with van der Waals surface area (Å²) in [5, 5.41) is 42.3. The van der Waals surface area contributed by atoms with Crippen LogP contribution in [-0.2, 0) is 24.0 Å². The summed E-state index contributed by atoms with van der Waals surface area (Å²) in [6.07, 6.45) is 2.31. The zero-order valence-electron chi connectivity index (χ0n) is 16.8. The summed E-state index contributed by atoms with van der Waals surface area (Å²) in [5.74, 6) is -3.91. The number of nitrogens with one attached hydrogen (secondary N) is 4. The van der Waals surface area contributed by atoms with E-state index >= 15 is 0 Å². The second kappa shape index (κ2) is 16.1. The smallest absolute Gasteiger partial charge is 0.548 e. The number of amides is 2. The summed E-state index contributed by atoms with van der Waals surface area (Å²) in [6.45, 7) is 0.482. The summed E-state index contributed by atoms with van der Waals surface area (Å²) in [7, 11) is 0. The molecule has 14 nitrogen and oxygen atoms in total. The number of carboxylic acid groups (broad SMARTS) is 3. The number of carboxylic acids is 3. The van der Waals surface area contributed by atoms with Crippen LogP contribution in [0.15, 0.2) is 0 Å². The van der Waals surface area contributed by atoms with Gasteiger partial charge in [0.05, 0.1) is 24.0 Å². The van der Waals surface area contributed by atoms with E-state index in [0.29, 0.717) is 45.1 Å². The zero-order chi connectivity index (χ0) is 23.3. The van der Waals surface area contributed by atoms with E-state index in [1.807, 2.05) is 0 Å². The quantitative estimate of drug-likeness (QED) is 0.0823. The Bertz CT molecular complexity index is 626. The number of aliphatic carboxylic acids is 3. The minimum Gasteiger partial charge on any atom is -0.548 e. The van der Waals surface area contributed by atoms with Gasteiger partial charge in [-0.2, -0.15) is 0 Å². The Labute approximate surface area is 194 Å². The van der Waals surface area contributed by atoms with Gasteiger partial charge in [0.2, 0.25) is 11.8 Å². The van der Waals surface area contributed by atoms with E-state index in [2.05, 4.69) is 16.0 Å². The molecular weight excluding hydrogens is 429 g/mol. The molecule has 2 heterocycles. The number of carbonyl (C=O) groups excluding carboxylic acids is 4. The normalized spacial score (nSPS) is 19.6. The molecule has 0 saturated carbocycles. The van der Waals surface area contributed by atoms with Crippen LogP contribution in [-0.4, -0.2) is 88.5 Å². The van der Waals surface area contributed by atoms with Gasteiger partial charge >= 0.3 is 29.0 Å². The molecule has 31 heavy (non-hydrogen) atoms. The molecule has 0 radical (unpaired) electrons.